The molecule has 0 aromatic carbocycles. The molecule has 1 aliphatic rings. The van der Waals surface area contributed by atoms with Gasteiger partial charge in [0.25, 0.3) is 0 Å². The summed E-state index contributed by atoms with van der Waals surface area (Å²) in [6.45, 7) is 1.99. The van der Waals surface area contributed by atoms with E-state index in [1.54, 1.807) is 6.34 Å². The molecule has 1 heterocycles. The van der Waals surface area contributed by atoms with Crippen LogP contribution in [0, 0.1) is 0 Å². The molecule has 0 bridgehead atoms. The molecule has 44 valence electrons. The van der Waals surface area contributed by atoms with Crippen LogP contribution in [0.25, 0.3) is 0 Å². The van der Waals surface area contributed by atoms with Crippen molar-refractivity contribution in [2.45, 2.75) is 0 Å². The first-order valence-corrected chi connectivity index (χ1v) is 1.72. The van der Waals surface area contributed by atoms with E-state index in [-0.39, 0.29) is 44.3 Å². The van der Waals surface area contributed by atoms with Gasteiger partial charge in [0.15, 0.2) is 0 Å². The number of rotatable bonds is 0. The zero-order valence-electron chi connectivity index (χ0n) is 4.40. The maximum atomic E-state index is 3.85. The standard InChI is InChI=1S/C3H6N2.2ClH.Zn/c1-2-5-3-4-1;;;/h3H,1-2H2,(H,4,5);2*1H;/q;;;+2/p-2. The summed E-state index contributed by atoms with van der Waals surface area (Å²) in [5.41, 5.74) is 0. The number of aliphatic imine (C=N–C) groups is 1. The second-order valence-corrected chi connectivity index (χ2v) is 0.989. The Morgan fingerprint density at radius 2 is 2.00 bits per heavy atom. The third-order valence-corrected chi connectivity index (χ3v) is 0.568. The number of hydrogen-bond acceptors (Lipinski definition) is 2. The third-order valence-electron chi connectivity index (χ3n) is 0.568. The van der Waals surface area contributed by atoms with Crippen LogP contribution < -0.4 is 30.1 Å². The van der Waals surface area contributed by atoms with Gasteiger partial charge < -0.3 is 30.1 Å². The maximum Gasteiger partial charge on any atom is 2.00 e. The molecule has 0 aliphatic carbocycles. The van der Waals surface area contributed by atoms with E-state index in [4.69, 9.17) is 0 Å². The molecule has 1 rings (SSSR count). The Morgan fingerprint density at radius 3 is 2.12 bits per heavy atom. The second-order valence-electron chi connectivity index (χ2n) is 0.989. The first-order valence-electron chi connectivity index (χ1n) is 1.72. The molecule has 2 nitrogen and oxygen atoms in total. The SMILES string of the molecule is C1=NCCN1.[Cl-].[Cl-].[Zn+2]. The average Bonchev–Trinajstić information content (AvgIpc) is 1.76. The minimum Gasteiger partial charge on any atom is -1.00 e. The molecule has 0 saturated heterocycles. The summed E-state index contributed by atoms with van der Waals surface area (Å²) in [5.74, 6) is 0. The first kappa shape index (κ1) is 15.9. The first-order chi connectivity index (χ1) is 2.50. The van der Waals surface area contributed by atoms with Crippen molar-refractivity contribution in [3.05, 3.63) is 0 Å². The van der Waals surface area contributed by atoms with Crippen molar-refractivity contribution in [1.29, 1.82) is 0 Å². The van der Waals surface area contributed by atoms with Gasteiger partial charge >= 0.3 is 19.5 Å². The largest absolute Gasteiger partial charge is 2.00 e. The van der Waals surface area contributed by atoms with Crippen molar-refractivity contribution in [1.82, 2.24) is 5.32 Å². The van der Waals surface area contributed by atoms with Gasteiger partial charge in [-0.3, -0.25) is 4.99 Å². The Labute approximate surface area is 74.1 Å². The molecule has 0 saturated carbocycles. The molecule has 0 radical (unpaired) electrons. The zero-order chi connectivity index (χ0) is 3.54. The van der Waals surface area contributed by atoms with E-state index in [2.05, 4.69) is 10.3 Å². The van der Waals surface area contributed by atoms with E-state index >= 15 is 0 Å². The van der Waals surface area contributed by atoms with Gasteiger partial charge in [0.2, 0.25) is 0 Å². The van der Waals surface area contributed by atoms with Gasteiger partial charge in [0, 0.05) is 6.54 Å². The smallest absolute Gasteiger partial charge is 1.00 e. The van der Waals surface area contributed by atoms with Crippen molar-refractivity contribution >= 4 is 6.34 Å². The fraction of sp³-hybridized carbons (Fsp3) is 0.667. The molecule has 5 heteroatoms. The molecule has 0 aromatic heterocycles. The van der Waals surface area contributed by atoms with Crippen LogP contribution in [0.5, 0.6) is 0 Å². The summed E-state index contributed by atoms with van der Waals surface area (Å²) in [7, 11) is 0. The summed E-state index contributed by atoms with van der Waals surface area (Å²) >= 11 is 0. The van der Waals surface area contributed by atoms with E-state index < -0.39 is 0 Å². The Morgan fingerprint density at radius 1 is 1.38 bits per heavy atom. The van der Waals surface area contributed by atoms with Crippen molar-refractivity contribution in [3.8, 4) is 0 Å². The Bertz CT molecular complexity index is 53.2. The molecule has 1 N–H and O–H groups in total. The average molecular weight is 206 g/mol. The minimum absolute atomic E-state index is 0. The number of nitrogens with zero attached hydrogens (tertiary/aromatic N) is 1. The normalized spacial score (nSPS) is 12.0. The van der Waals surface area contributed by atoms with Crippen LogP contribution in [0.1, 0.15) is 0 Å². The van der Waals surface area contributed by atoms with E-state index in [0.29, 0.717) is 0 Å². The molecule has 0 unspecified atom stereocenters. The van der Waals surface area contributed by atoms with E-state index in [9.17, 15) is 0 Å². The summed E-state index contributed by atoms with van der Waals surface area (Å²) in [6.07, 6.45) is 1.74. The van der Waals surface area contributed by atoms with Crippen LogP contribution in [0.15, 0.2) is 4.99 Å². The molecule has 0 atom stereocenters. The molecule has 0 aromatic rings. The molecule has 8 heavy (non-hydrogen) atoms. The van der Waals surface area contributed by atoms with Crippen LogP contribution in [0.3, 0.4) is 0 Å². The van der Waals surface area contributed by atoms with E-state index in [1.165, 1.54) is 0 Å². The topological polar surface area (TPSA) is 24.4 Å². The van der Waals surface area contributed by atoms with Crippen LogP contribution in [-0.2, 0) is 19.5 Å². The third kappa shape index (κ3) is 6.67. The van der Waals surface area contributed by atoms with Gasteiger partial charge in [0.1, 0.15) is 0 Å². The molecular formula is C3H6Cl2N2Zn. The zero-order valence-corrected chi connectivity index (χ0v) is 8.88. The fourth-order valence-electron chi connectivity index (χ4n) is 0.323. The molecule has 0 fully saturated rings. The van der Waals surface area contributed by atoms with Crippen molar-refractivity contribution in [2.75, 3.05) is 13.1 Å². The van der Waals surface area contributed by atoms with Gasteiger partial charge in [-0.05, 0) is 0 Å². The van der Waals surface area contributed by atoms with Crippen LogP contribution in [0.2, 0.25) is 0 Å². The summed E-state index contributed by atoms with van der Waals surface area (Å²) in [4.78, 5) is 3.85. The summed E-state index contributed by atoms with van der Waals surface area (Å²) < 4.78 is 0. The maximum absolute atomic E-state index is 3.85. The summed E-state index contributed by atoms with van der Waals surface area (Å²) in [6, 6.07) is 0. The monoisotopic (exact) mass is 204 g/mol. The number of hydrogen-bond donors (Lipinski definition) is 1. The van der Waals surface area contributed by atoms with Gasteiger partial charge in [-0.2, -0.15) is 0 Å². The summed E-state index contributed by atoms with van der Waals surface area (Å²) in [5, 5.41) is 2.93. The Kier molecular flexibility index (Phi) is 21.1. The van der Waals surface area contributed by atoms with Gasteiger partial charge in [-0.25, -0.2) is 0 Å². The molecular weight excluding hydrogens is 200 g/mol. The number of halogens is 2. The Hall–Kier alpha value is 0.673. The minimum atomic E-state index is 0. The quantitative estimate of drug-likeness (QED) is 0.392. The van der Waals surface area contributed by atoms with Crippen LogP contribution >= 0.6 is 0 Å². The fourth-order valence-corrected chi connectivity index (χ4v) is 0.323. The van der Waals surface area contributed by atoms with Crippen LogP contribution in [0.4, 0.5) is 0 Å². The van der Waals surface area contributed by atoms with Crippen molar-refractivity contribution in [3.63, 3.8) is 0 Å². The predicted octanol–water partition coefficient (Wildman–Crippen LogP) is -6.38. The van der Waals surface area contributed by atoms with Gasteiger partial charge in [0.05, 0.1) is 12.9 Å². The van der Waals surface area contributed by atoms with E-state index in [1.807, 2.05) is 0 Å². The molecule has 0 spiro atoms. The van der Waals surface area contributed by atoms with Crippen molar-refractivity contribution in [2.24, 2.45) is 4.99 Å². The van der Waals surface area contributed by atoms with Gasteiger partial charge in [-0.15, -0.1) is 0 Å². The van der Waals surface area contributed by atoms with Crippen molar-refractivity contribution < 1.29 is 44.3 Å². The number of nitrogens with one attached hydrogen (secondary N) is 1. The molecule has 0 amide bonds. The van der Waals surface area contributed by atoms with Gasteiger partial charge in [-0.1, -0.05) is 0 Å². The Balaban J connectivity index is -0.0000000833. The van der Waals surface area contributed by atoms with E-state index in [0.717, 1.165) is 13.1 Å². The van der Waals surface area contributed by atoms with Crippen LogP contribution in [-0.4, -0.2) is 19.4 Å². The predicted molar refractivity (Wildman–Crippen MR) is 21.4 cm³/mol. The second kappa shape index (κ2) is 10.6. The molecule has 1 aliphatic heterocycles.